The monoisotopic (exact) mass is 274 g/mol. The molecule has 0 aromatic heterocycles. The van der Waals surface area contributed by atoms with Crippen LogP contribution in [0.1, 0.15) is 44.1 Å². The summed E-state index contributed by atoms with van der Waals surface area (Å²) in [6.07, 6.45) is 3.27. The summed E-state index contributed by atoms with van der Waals surface area (Å²) in [7, 11) is 0. The molecular formula is C16H22N2O2. The summed E-state index contributed by atoms with van der Waals surface area (Å²) >= 11 is 0. The SMILES string of the molecule is CC(C(=O)N1C2CCC1CC(O)C2)c1cccc(N)c1. The Bertz CT molecular complexity index is 503. The predicted octanol–water partition coefficient (Wildman–Crippen LogP) is 1.89. The van der Waals surface area contributed by atoms with Gasteiger partial charge in [-0.1, -0.05) is 12.1 Å². The third kappa shape index (κ3) is 2.29. The van der Waals surface area contributed by atoms with Gasteiger partial charge in [0.1, 0.15) is 0 Å². The smallest absolute Gasteiger partial charge is 0.230 e. The molecule has 1 aromatic carbocycles. The number of aliphatic hydroxyl groups excluding tert-OH is 1. The lowest BCUT2D eigenvalue weighted by molar-refractivity contribution is -0.138. The molecule has 0 saturated carbocycles. The Balaban J connectivity index is 1.79. The van der Waals surface area contributed by atoms with Crippen LogP contribution in [-0.4, -0.2) is 34.1 Å². The number of anilines is 1. The van der Waals surface area contributed by atoms with Crippen LogP contribution in [0.5, 0.6) is 0 Å². The van der Waals surface area contributed by atoms with Crippen LogP contribution in [0.15, 0.2) is 24.3 Å². The van der Waals surface area contributed by atoms with Crippen LogP contribution in [-0.2, 0) is 4.79 Å². The second-order valence-electron chi connectivity index (χ2n) is 6.15. The highest BCUT2D eigenvalue weighted by Crippen LogP contribution is 2.37. The van der Waals surface area contributed by atoms with Gasteiger partial charge in [0.05, 0.1) is 12.0 Å². The molecule has 2 heterocycles. The van der Waals surface area contributed by atoms with E-state index in [0.717, 1.165) is 31.2 Å². The molecule has 2 bridgehead atoms. The number of carbonyl (C=O) groups is 1. The highest BCUT2D eigenvalue weighted by atomic mass is 16.3. The van der Waals surface area contributed by atoms with Crippen LogP contribution in [0.4, 0.5) is 5.69 Å². The minimum atomic E-state index is -0.237. The van der Waals surface area contributed by atoms with E-state index >= 15 is 0 Å². The number of fused-ring (bicyclic) bond motifs is 2. The highest BCUT2D eigenvalue weighted by Gasteiger charge is 2.43. The maximum absolute atomic E-state index is 12.8. The number of benzene rings is 1. The zero-order valence-electron chi connectivity index (χ0n) is 11.8. The summed E-state index contributed by atoms with van der Waals surface area (Å²) in [5.41, 5.74) is 7.47. The molecule has 3 N–H and O–H groups in total. The van der Waals surface area contributed by atoms with Gasteiger partial charge in [-0.2, -0.15) is 0 Å². The van der Waals surface area contributed by atoms with Gasteiger partial charge in [0, 0.05) is 17.8 Å². The van der Waals surface area contributed by atoms with Crippen LogP contribution >= 0.6 is 0 Å². The summed E-state index contributed by atoms with van der Waals surface area (Å²) in [4.78, 5) is 14.8. The lowest BCUT2D eigenvalue weighted by atomic mass is 9.94. The first-order valence-corrected chi connectivity index (χ1v) is 7.42. The molecule has 3 rings (SSSR count). The van der Waals surface area contributed by atoms with Gasteiger partial charge >= 0.3 is 0 Å². The van der Waals surface area contributed by atoms with Crippen molar-refractivity contribution in [2.24, 2.45) is 0 Å². The Labute approximate surface area is 119 Å². The second-order valence-corrected chi connectivity index (χ2v) is 6.15. The zero-order chi connectivity index (χ0) is 14.3. The molecule has 0 spiro atoms. The number of nitrogen functional groups attached to an aromatic ring is 1. The van der Waals surface area contributed by atoms with Gasteiger partial charge in [0.2, 0.25) is 5.91 Å². The zero-order valence-corrected chi connectivity index (χ0v) is 11.8. The van der Waals surface area contributed by atoms with Crippen molar-refractivity contribution in [3.63, 3.8) is 0 Å². The molecule has 1 amide bonds. The number of carbonyl (C=O) groups excluding carboxylic acids is 1. The average molecular weight is 274 g/mol. The fourth-order valence-corrected chi connectivity index (χ4v) is 3.70. The van der Waals surface area contributed by atoms with E-state index in [1.807, 2.05) is 36.1 Å². The molecule has 20 heavy (non-hydrogen) atoms. The number of hydrogen-bond donors (Lipinski definition) is 2. The van der Waals surface area contributed by atoms with Crippen molar-refractivity contribution < 1.29 is 9.90 Å². The highest BCUT2D eigenvalue weighted by molar-refractivity contribution is 5.84. The van der Waals surface area contributed by atoms with Crippen LogP contribution in [0.3, 0.4) is 0 Å². The molecule has 0 aliphatic carbocycles. The molecular weight excluding hydrogens is 252 g/mol. The fourth-order valence-electron chi connectivity index (χ4n) is 3.70. The Kier molecular flexibility index (Phi) is 3.42. The molecule has 0 radical (unpaired) electrons. The molecule has 2 fully saturated rings. The lowest BCUT2D eigenvalue weighted by Crippen LogP contribution is -2.49. The van der Waals surface area contributed by atoms with E-state index in [9.17, 15) is 9.90 Å². The Morgan fingerprint density at radius 3 is 2.60 bits per heavy atom. The lowest BCUT2D eigenvalue weighted by Gasteiger charge is -2.38. The quantitative estimate of drug-likeness (QED) is 0.809. The van der Waals surface area contributed by atoms with Crippen molar-refractivity contribution in [1.29, 1.82) is 0 Å². The molecule has 4 heteroatoms. The summed E-state index contributed by atoms with van der Waals surface area (Å²) < 4.78 is 0. The van der Waals surface area contributed by atoms with E-state index in [4.69, 9.17) is 5.73 Å². The van der Waals surface area contributed by atoms with E-state index in [1.165, 1.54) is 0 Å². The number of nitrogens with zero attached hydrogens (tertiary/aromatic N) is 1. The molecule has 2 aliphatic rings. The standard InChI is InChI=1S/C16H22N2O2/c1-10(11-3-2-4-12(17)7-11)16(20)18-13-5-6-14(18)9-15(19)8-13/h2-4,7,10,13-15,19H,5-6,8-9,17H2,1H3. The van der Waals surface area contributed by atoms with Gasteiger partial charge in [-0.3, -0.25) is 4.79 Å². The maximum atomic E-state index is 12.8. The van der Waals surface area contributed by atoms with Crippen molar-refractivity contribution in [3.05, 3.63) is 29.8 Å². The summed E-state index contributed by atoms with van der Waals surface area (Å²) in [6.45, 7) is 1.95. The molecule has 2 aliphatic heterocycles. The molecule has 1 aromatic rings. The van der Waals surface area contributed by atoms with Crippen LogP contribution in [0.2, 0.25) is 0 Å². The van der Waals surface area contributed by atoms with Crippen molar-refractivity contribution in [3.8, 4) is 0 Å². The minimum Gasteiger partial charge on any atom is -0.399 e. The topological polar surface area (TPSA) is 66.6 Å². The maximum Gasteiger partial charge on any atom is 0.230 e. The molecule has 2 saturated heterocycles. The van der Waals surface area contributed by atoms with Crippen molar-refractivity contribution in [2.45, 2.75) is 56.7 Å². The van der Waals surface area contributed by atoms with E-state index < -0.39 is 0 Å². The second kappa shape index (κ2) is 5.09. The van der Waals surface area contributed by atoms with E-state index in [-0.39, 0.29) is 30.0 Å². The number of amides is 1. The van der Waals surface area contributed by atoms with Crippen LogP contribution in [0, 0.1) is 0 Å². The van der Waals surface area contributed by atoms with Gasteiger partial charge in [0.15, 0.2) is 0 Å². The minimum absolute atomic E-state index is 0.170. The number of piperidine rings is 1. The molecule has 4 nitrogen and oxygen atoms in total. The van der Waals surface area contributed by atoms with Gasteiger partial charge in [-0.05, 0) is 50.3 Å². The van der Waals surface area contributed by atoms with Crippen LogP contribution < -0.4 is 5.73 Å². The number of aliphatic hydroxyl groups is 1. The van der Waals surface area contributed by atoms with Crippen molar-refractivity contribution in [2.75, 3.05) is 5.73 Å². The Morgan fingerprint density at radius 1 is 1.35 bits per heavy atom. The third-order valence-electron chi connectivity index (χ3n) is 4.74. The molecule has 3 atom stereocenters. The van der Waals surface area contributed by atoms with Gasteiger partial charge in [-0.15, -0.1) is 0 Å². The van der Waals surface area contributed by atoms with Crippen molar-refractivity contribution >= 4 is 11.6 Å². The Hall–Kier alpha value is -1.55. The first kappa shape index (κ1) is 13.4. The van der Waals surface area contributed by atoms with E-state index in [2.05, 4.69) is 0 Å². The number of nitrogens with two attached hydrogens (primary N) is 1. The Morgan fingerprint density at radius 2 is 2.00 bits per heavy atom. The summed E-state index contributed by atoms with van der Waals surface area (Å²) in [5, 5.41) is 9.83. The average Bonchev–Trinajstić information content (AvgIpc) is 2.69. The fraction of sp³-hybridized carbons (Fsp3) is 0.562. The van der Waals surface area contributed by atoms with Gasteiger partial charge < -0.3 is 15.7 Å². The summed E-state index contributed by atoms with van der Waals surface area (Å²) in [5.74, 6) is 0.00634. The largest absolute Gasteiger partial charge is 0.399 e. The van der Waals surface area contributed by atoms with Crippen molar-refractivity contribution in [1.82, 2.24) is 4.90 Å². The first-order valence-electron chi connectivity index (χ1n) is 7.42. The number of rotatable bonds is 2. The summed E-state index contributed by atoms with van der Waals surface area (Å²) in [6, 6.07) is 8.01. The van der Waals surface area contributed by atoms with Gasteiger partial charge in [-0.25, -0.2) is 0 Å². The van der Waals surface area contributed by atoms with E-state index in [1.54, 1.807) is 0 Å². The predicted molar refractivity (Wildman–Crippen MR) is 78.2 cm³/mol. The third-order valence-corrected chi connectivity index (χ3v) is 4.74. The van der Waals surface area contributed by atoms with Crippen LogP contribution in [0.25, 0.3) is 0 Å². The molecule has 3 unspecified atom stereocenters. The van der Waals surface area contributed by atoms with E-state index in [0.29, 0.717) is 5.69 Å². The normalized spacial score (nSPS) is 30.3. The molecule has 108 valence electrons. The number of hydrogen-bond acceptors (Lipinski definition) is 3. The van der Waals surface area contributed by atoms with Gasteiger partial charge in [0.25, 0.3) is 0 Å². The first-order chi connectivity index (χ1) is 9.56.